The summed E-state index contributed by atoms with van der Waals surface area (Å²) in [5, 5.41) is 10.8. The van der Waals surface area contributed by atoms with E-state index in [1.54, 1.807) is 5.40 Å². The van der Waals surface area contributed by atoms with E-state index in [0.29, 0.717) is 11.8 Å². The quantitative estimate of drug-likeness (QED) is 0.352. The lowest BCUT2D eigenvalue weighted by molar-refractivity contribution is -0.237. The number of ether oxygens (including phenoxy) is 5. The third-order valence-corrected chi connectivity index (χ3v) is 3.83. The number of carbonyl (C=O) groups is 4. The monoisotopic (exact) mass is 389 g/mol. The molecule has 0 aromatic heterocycles. The lowest BCUT2D eigenvalue weighted by Crippen LogP contribution is -2.61. The largest absolute Gasteiger partial charge is 0.463 e. The molecule has 10 nitrogen and oxygen atoms in total. The summed E-state index contributed by atoms with van der Waals surface area (Å²) in [5.41, 5.74) is -1.05. The van der Waals surface area contributed by atoms with Crippen LogP contribution in [0.3, 0.4) is 0 Å². The Labute approximate surface area is 154 Å². The minimum absolute atomic E-state index is 0.319. The number of rotatable bonds is 6. The van der Waals surface area contributed by atoms with E-state index < -0.39 is 53.7 Å². The molecule has 0 aromatic rings. The molecule has 1 fully saturated rings. The van der Waals surface area contributed by atoms with Gasteiger partial charge in [0.15, 0.2) is 23.7 Å². The van der Waals surface area contributed by atoms with Crippen LogP contribution in [0.2, 0.25) is 0 Å². The molecule has 11 heteroatoms. The summed E-state index contributed by atoms with van der Waals surface area (Å²) < 4.78 is 26.0. The zero-order valence-electron chi connectivity index (χ0n) is 14.6. The molecule has 1 rings (SSSR count). The average molecular weight is 389 g/mol. The maximum Gasteiger partial charge on any atom is 0.303 e. The van der Waals surface area contributed by atoms with Crippen molar-refractivity contribution >= 4 is 35.6 Å². The minimum Gasteiger partial charge on any atom is -0.463 e. The highest BCUT2D eigenvalue weighted by molar-refractivity contribution is 8.04. The van der Waals surface area contributed by atoms with Crippen molar-refractivity contribution in [3.63, 3.8) is 0 Å². The Balaban J connectivity index is 3.24. The fourth-order valence-electron chi connectivity index (χ4n) is 2.34. The molecule has 144 valence electrons. The van der Waals surface area contributed by atoms with Crippen molar-refractivity contribution in [2.75, 3.05) is 6.61 Å². The molecule has 0 spiro atoms. The Bertz CT molecular complexity index is 602. The number of hydrogen-bond acceptors (Lipinski definition) is 11. The molecule has 0 bridgehead atoms. The Hall–Kier alpha value is -2.32. The van der Waals surface area contributed by atoms with E-state index in [1.165, 1.54) is 6.92 Å². The Morgan fingerprint density at radius 3 is 1.85 bits per heavy atom. The summed E-state index contributed by atoms with van der Waals surface area (Å²) in [4.78, 5) is 45.5. The van der Waals surface area contributed by atoms with Gasteiger partial charge in [-0.05, 0) is 11.8 Å². The van der Waals surface area contributed by atoms with Gasteiger partial charge in [0.05, 0.1) is 0 Å². The lowest BCUT2D eigenvalue weighted by atomic mass is 9.99. The zero-order valence-corrected chi connectivity index (χ0v) is 15.4. The molecule has 0 radical (unpaired) electrons. The van der Waals surface area contributed by atoms with Gasteiger partial charge in [0.2, 0.25) is 0 Å². The predicted octanol–water partition coefficient (Wildman–Crippen LogP) is 0.284. The van der Waals surface area contributed by atoms with Crippen molar-refractivity contribution < 1.29 is 42.9 Å². The van der Waals surface area contributed by atoms with Crippen LogP contribution >= 0.6 is 11.8 Å². The molecule has 1 aliphatic heterocycles. The molecular weight excluding hydrogens is 370 g/mol. The number of nitrogens with zero attached hydrogens (tertiary/aromatic N) is 1. The van der Waals surface area contributed by atoms with E-state index >= 15 is 0 Å². The Kier molecular flexibility index (Phi) is 8.34. The van der Waals surface area contributed by atoms with Gasteiger partial charge in [0.1, 0.15) is 18.1 Å². The molecule has 0 N–H and O–H groups in total. The van der Waals surface area contributed by atoms with E-state index in [4.69, 9.17) is 28.9 Å². The molecule has 1 unspecified atom stereocenters. The number of hydrogen-bond donors (Lipinski definition) is 0. The molecule has 1 saturated heterocycles. The molecular formula is C15H19NO9S. The summed E-state index contributed by atoms with van der Waals surface area (Å²) in [6, 6.07) is 0. The predicted molar refractivity (Wildman–Crippen MR) is 85.2 cm³/mol. The third-order valence-electron chi connectivity index (χ3n) is 3.12. The Morgan fingerprint density at radius 2 is 1.38 bits per heavy atom. The van der Waals surface area contributed by atoms with Gasteiger partial charge in [0.25, 0.3) is 0 Å². The summed E-state index contributed by atoms with van der Waals surface area (Å²) in [5.74, 6) is -2.75. The molecule has 5 atom stereocenters. The van der Waals surface area contributed by atoms with Gasteiger partial charge in [0, 0.05) is 27.7 Å². The van der Waals surface area contributed by atoms with Crippen LogP contribution in [0.25, 0.3) is 0 Å². The van der Waals surface area contributed by atoms with Crippen molar-refractivity contribution in [2.24, 2.45) is 0 Å². The van der Waals surface area contributed by atoms with Crippen LogP contribution in [0, 0.1) is 10.7 Å². The first-order valence-corrected chi connectivity index (χ1v) is 8.38. The summed E-state index contributed by atoms with van der Waals surface area (Å²) in [6.07, 6.45) is -4.71. The number of thioether (sulfide) groups is 1. The van der Waals surface area contributed by atoms with Crippen LogP contribution in [-0.2, 0) is 42.9 Å². The molecule has 0 aromatic carbocycles. The van der Waals surface area contributed by atoms with Crippen LogP contribution in [0.15, 0.2) is 0 Å². The molecule has 0 amide bonds. The van der Waals surface area contributed by atoms with Crippen LogP contribution in [-0.4, -0.2) is 60.3 Å². The van der Waals surface area contributed by atoms with Gasteiger partial charge in [-0.1, -0.05) is 0 Å². The maximum absolute atomic E-state index is 11.5. The van der Waals surface area contributed by atoms with Gasteiger partial charge in [-0.3, -0.25) is 19.2 Å². The third kappa shape index (κ3) is 6.53. The van der Waals surface area contributed by atoms with E-state index in [9.17, 15) is 19.2 Å². The van der Waals surface area contributed by atoms with E-state index in [0.717, 1.165) is 20.8 Å². The van der Waals surface area contributed by atoms with Crippen LogP contribution in [0.5, 0.6) is 0 Å². The first-order valence-electron chi connectivity index (χ1n) is 7.51. The summed E-state index contributed by atoms with van der Waals surface area (Å²) >= 11 is 0.626. The fourth-order valence-corrected chi connectivity index (χ4v) is 2.98. The van der Waals surface area contributed by atoms with Gasteiger partial charge < -0.3 is 23.7 Å². The standard InChI is InChI=1S/C15H19NO9S/c1-7(17)21-5-11-12(22-8(2)18)13(23-9(3)19)14(24-10(4)20)15(25-11)26-6-16/h11-15H,5H2,1-4H3/t11-,12-,13+,14-,15?/m1/s1. The summed E-state index contributed by atoms with van der Waals surface area (Å²) in [7, 11) is 0. The highest BCUT2D eigenvalue weighted by Gasteiger charge is 2.52. The van der Waals surface area contributed by atoms with Crippen LogP contribution in [0.1, 0.15) is 27.7 Å². The number of thiocyanates is 1. The second kappa shape index (κ2) is 9.98. The molecule has 26 heavy (non-hydrogen) atoms. The van der Waals surface area contributed by atoms with Crippen molar-refractivity contribution in [3.8, 4) is 5.40 Å². The first kappa shape index (κ1) is 21.7. The van der Waals surface area contributed by atoms with E-state index in [-0.39, 0.29) is 6.61 Å². The van der Waals surface area contributed by atoms with Gasteiger partial charge in [-0.15, -0.1) is 0 Å². The highest BCUT2D eigenvalue weighted by Crippen LogP contribution is 2.33. The topological polar surface area (TPSA) is 138 Å². The Morgan fingerprint density at radius 1 is 0.885 bits per heavy atom. The molecule has 0 aliphatic carbocycles. The smallest absolute Gasteiger partial charge is 0.303 e. The minimum atomic E-state index is -1.25. The molecule has 1 heterocycles. The van der Waals surface area contributed by atoms with E-state index in [2.05, 4.69) is 0 Å². The summed E-state index contributed by atoms with van der Waals surface area (Å²) in [6.45, 7) is 4.24. The van der Waals surface area contributed by atoms with Gasteiger partial charge in [-0.25, -0.2) is 0 Å². The van der Waals surface area contributed by atoms with Crippen molar-refractivity contribution in [2.45, 2.75) is 57.5 Å². The van der Waals surface area contributed by atoms with Crippen molar-refractivity contribution in [1.82, 2.24) is 0 Å². The van der Waals surface area contributed by atoms with Crippen LogP contribution in [0.4, 0.5) is 0 Å². The van der Waals surface area contributed by atoms with Gasteiger partial charge in [-0.2, -0.15) is 5.26 Å². The van der Waals surface area contributed by atoms with Crippen molar-refractivity contribution in [1.29, 1.82) is 5.26 Å². The molecule has 1 aliphatic rings. The fraction of sp³-hybridized carbons (Fsp3) is 0.667. The van der Waals surface area contributed by atoms with Crippen molar-refractivity contribution in [3.05, 3.63) is 0 Å². The average Bonchev–Trinajstić information content (AvgIpc) is 2.50. The maximum atomic E-state index is 11.5. The number of nitriles is 1. The van der Waals surface area contributed by atoms with Gasteiger partial charge >= 0.3 is 23.9 Å². The van der Waals surface area contributed by atoms with E-state index in [1.807, 2.05) is 0 Å². The van der Waals surface area contributed by atoms with Crippen LogP contribution < -0.4 is 0 Å². The number of carbonyl (C=O) groups excluding carboxylic acids is 4. The second-order valence-electron chi connectivity index (χ2n) is 5.28. The molecule has 0 saturated carbocycles. The SMILES string of the molecule is CC(=O)OC[C@H]1OC(SC#N)[C@H](OC(C)=O)[C@@H](OC(C)=O)[C@@H]1OC(C)=O. The lowest BCUT2D eigenvalue weighted by Gasteiger charge is -2.43. The second-order valence-corrected chi connectivity index (χ2v) is 6.16. The zero-order chi connectivity index (χ0) is 19.9. The normalized spacial score (nSPS) is 27.6. The highest BCUT2D eigenvalue weighted by atomic mass is 32.2. The first-order chi connectivity index (χ1) is 12.1. The number of esters is 4.